The molecule has 1 fully saturated rings. The van der Waals surface area contributed by atoms with Crippen LogP contribution in [0.2, 0.25) is 0 Å². The Morgan fingerprint density at radius 1 is 0.957 bits per heavy atom. The minimum absolute atomic E-state index is 0.245. The number of rotatable bonds is 4. The standard InChI is InChI=1S/C21H22O2/c1-16-11-13-18(14-12-16)23-21(15-17-7-3-2-4-8-17)19-9-5-6-10-20(19)22/h2-4,7-8,11-14H,5-6,9-10,15H2,1H3/b21-19+. The van der Waals surface area contributed by atoms with Crippen molar-refractivity contribution in [2.45, 2.75) is 39.0 Å². The second kappa shape index (κ2) is 7.28. The Morgan fingerprint density at radius 3 is 2.35 bits per heavy atom. The Morgan fingerprint density at radius 2 is 1.65 bits per heavy atom. The zero-order chi connectivity index (χ0) is 16.1. The van der Waals surface area contributed by atoms with Gasteiger partial charge in [-0.25, -0.2) is 0 Å². The van der Waals surface area contributed by atoms with E-state index in [0.29, 0.717) is 12.8 Å². The predicted octanol–water partition coefficient (Wildman–Crippen LogP) is 5.01. The molecule has 1 aliphatic rings. The summed E-state index contributed by atoms with van der Waals surface area (Å²) in [5, 5.41) is 0. The van der Waals surface area contributed by atoms with Gasteiger partial charge in [-0.2, -0.15) is 0 Å². The number of carbonyl (C=O) groups excluding carboxylic acids is 1. The van der Waals surface area contributed by atoms with Crippen LogP contribution in [0.4, 0.5) is 0 Å². The molecule has 0 aliphatic heterocycles. The molecule has 0 saturated heterocycles. The molecule has 0 heterocycles. The molecule has 1 aliphatic carbocycles. The fourth-order valence-corrected chi connectivity index (χ4v) is 2.91. The van der Waals surface area contributed by atoms with Gasteiger partial charge in [0.15, 0.2) is 5.78 Å². The summed E-state index contributed by atoms with van der Waals surface area (Å²) in [6, 6.07) is 18.2. The van der Waals surface area contributed by atoms with Gasteiger partial charge in [0.1, 0.15) is 11.5 Å². The third kappa shape index (κ3) is 4.10. The molecular formula is C21H22O2. The van der Waals surface area contributed by atoms with Crippen molar-refractivity contribution in [2.75, 3.05) is 0 Å². The largest absolute Gasteiger partial charge is 0.461 e. The summed E-state index contributed by atoms with van der Waals surface area (Å²) < 4.78 is 6.14. The van der Waals surface area contributed by atoms with Crippen molar-refractivity contribution in [2.24, 2.45) is 0 Å². The normalized spacial score (nSPS) is 17.0. The maximum atomic E-state index is 12.3. The minimum atomic E-state index is 0.245. The van der Waals surface area contributed by atoms with Gasteiger partial charge in [0.2, 0.25) is 0 Å². The summed E-state index contributed by atoms with van der Waals surface area (Å²) in [6.07, 6.45) is 4.19. The van der Waals surface area contributed by atoms with Crippen LogP contribution in [0.1, 0.15) is 36.8 Å². The van der Waals surface area contributed by atoms with Crippen LogP contribution in [0.3, 0.4) is 0 Å². The minimum Gasteiger partial charge on any atom is -0.461 e. The third-order valence-electron chi connectivity index (χ3n) is 4.22. The molecule has 118 valence electrons. The maximum absolute atomic E-state index is 12.3. The monoisotopic (exact) mass is 306 g/mol. The second-order valence-corrected chi connectivity index (χ2v) is 6.11. The number of ether oxygens (including phenoxy) is 1. The number of ketones is 1. The van der Waals surface area contributed by atoms with Crippen LogP contribution in [0, 0.1) is 6.92 Å². The summed E-state index contributed by atoms with van der Waals surface area (Å²) in [5.74, 6) is 1.85. The maximum Gasteiger partial charge on any atom is 0.162 e. The molecule has 2 heteroatoms. The third-order valence-corrected chi connectivity index (χ3v) is 4.22. The van der Waals surface area contributed by atoms with Crippen molar-refractivity contribution in [1.29, 1.82) is 0 Å². The molecule has 0 bridgehead atoms. The lowest BCUT2D eigenvalue weighted by atomic mass is 9.91. The summed E-state index contributed by atoms with van der Waals surface area (Å²) in [6.45, 7) is 2.05. The quantitative estimate of drug-likeness (QED) is 0.586. The zero-order valence-corrected chi connectivity index (χ0v) is 13.5. The summed E-state index contributed by atoms with van der Waals surface area (Å²) in [7, 11) is 0. The molecule has 23 heavy (non-hydrogen) atoms. The molecule has 2 aromatic carbocycles. The zero-order valence-electron chi connectivity index (χ0n) is 13.5. The van der Waals surface area contributed by atoms with E-state index in [1.165, 1.54) is 11.1 Å². The van der Waals surface area contributed by atoms with E-state index in [-0.39, 0.29) is 5.78 Å². The van der Waals surface area contributed by atoms with Crippen molar-refractivity contribution in [1.82, 2.24) is 0 Å². The molecule has 1 saturated carbocycles. The Hall–Kier alpha value is -2.35. The van der Waals surface area contributed by atoms with E-state index in [2.05, 4.69) is 19.1 Å². The van der Waals surface area contributed by atoms with E-state index in [1.807, 2.05) is 42.5 Å². The Labute approximate surface area is 137 Å². The van der Waals surface area contributed by atoms with Gasteiger partial charge in [-0.05, 0) is 43.9 Å². The van der Waals surface area contributed by atoms with E-state index >= 15 is 0 Å². The van der Waals surface area contributed by atoms with Gasteiger partial charge in [-0.3, -0.25) is 4.79 Å². The van der Waals surface area contributed by atoms with Crippen molar-refractivity contribution in [3.05, 3.63) is 77.1 Å². The van der Waals surface area contributed by atoms with Crippen LogP contribution in [-0.2, 0) is 11.2 Å². The summed E-state index contributed by atoms with van der Waals surface area (Å²) in [4.78, 5) is 12.3. The first-order chi connectivity index (χ1) is 11.2. The van der Waals surface area contributed by atoms with Gasteiger partial charge in [0.05, 0.1) is 0 Å². The van der Waals surface area contributed by atoms with Crippen molar-refractivity contribution < 1.29 is 9.53 Å². The van der Waals surface area contributed by atoms with Gasteiger partial charge >= 0.3 is 0 Å². The predicted molar refractivity (Wildman–Crippen MR) is 92.5 cm³/mol. The molecule has 3 rings (SSSR count). The number of benzene rings is 2. The molecule has 0 radical (unpaired) electrons. The topological polar surface area (TPSA) is 26.3 Å². The number of Topliss-reactive ketones (excluding diaryl/α,β-unsaturated/α-hetero) is 1. The highest BCUT2D eigenvalue weighted by atomic mass is 16.5. The highest BCUT2D eigenvalue weighted by Crippen LogP contribution is 2.27. The highest BCUT2D eigenvalue weighted by Gasteiger charge is 2.21. The van der Waals surface area contributed by atoms with Crippen molar-refractivity contribution >= 4 is 5.78 Å². The van der Waals surface area contributed by atoms with Crippen LogP contribution in [0.15, 0.2) is 65.9 Å². The molecule has 2 aromatic rings. The van der Waals surface area contributed by atoms with Crippen molar-refractivity contribution in [3.8, 4) is 5.75 Å². The molecule has 0 unspecified atom stereocenters. The fraction of sp³-hybridized carbons (Fsp3) is 0.286. The van der Waals surface area contributed by atoms with Gasteiger partial charge < -0.3 is 4.74 Å². The lowest BCUT2D eigenvalue weighted by Crippen LogP contribution is -2.15. The lowest BCUT2D eigenvalue weighted by molar-refractivity contribution is -0.116. The van der Waals surface area contributed by atoms with Crippen LogP contribution >= 0.6 is 0 Å². The smallest absolute Gasteiger partial charge is 0.162 e. The van der Waals surface area contributed by atoms with Crippen LogP contribution in [0.5, 0.6) is 5.75 Å². The van der Waals surface area contributed by atoms with Crippen LogP contribution < -0.4 is 4.74 Å². The van der Waals surface area contributed by atoms with Gasteiger partial charge in [-0.1, -0.05) is 48.0 Å². The molecule has 0 spiro atoms. The second-order valence-electron chi connectivity index (χ2n) is 6.11. The average molecular weight is 306 g/mol. The number of hydrogen-bond donors (Lipinski definition) is 0. The summed E-state index contributed by atoms with van der Waals surface area (Å²) >= 11 is 0. The highest BCUT2D eigenvalue weighted by molar-refractivity contribution is 5.96. The fourth-order valence-electron chi connectivity index (χ4n) is 2.91. The van der Waals surface area contributed by atoms with E-state index in [4.69, 9.17) is 4.74 Å². The first kappa shape index (κ1) is 15.5. The van der Waals surface area contributed by atoms with Gasteiger partial charge in [-0.15, -0.1) is 0 Å². The Balaban J connectivity index is 1.91. The van der Waals surface area contributed by atoms with E-state index in [9.17, 15) is 4.79 Å². The SMILES string of the molecule is Cc1ccc(O/C(Cc2ccccc2)=C2\CCCCC2=O)cc1. The number of hydrogen-bond acceptors (Lipinski definition) is 2. The number of carbonyl (C=O) groups is 1. The van der Waals surface area contributed by atoms with E-state index in [0.717, 1.165) is 36.3 Å². The molecule has 2 nitrogen and oxygen atoms in total. The van der Waals surface area contributed by atoms with Crippen molar-refractivity contribution in [3.63, 3.8) is 0 Å². The Bertz CT molecular complexity index is 696. The first-order valence-electron chi connectivity index (χ1n) is 8.26. The van der Waals surface area contributed by atoms with Crippen LogP contribution in [0.25, 0.3) is 0 Å². The summed E-state index contributed by atoms with van der Waals surface area (Å²) in [5.41, 5.74) is 3.24. The average Bonchev–Trinajstić information content (AvgIpc) is 2.58. The molecule has 0 N–H and O–H groups in total. The van der Waals surface area contributed by atoms with E-state index < -0.39 is 0 Å². The van der Waals surface area contributed by atoms with Gasteiger partial charge in [0.25, 0.3) is 0 Å². The molecule has 0 amide bonds. The van der Waals surface area contributed by atoms with Gasteiger partial charge in [0, 0.05) is 18.4 Å². The van der Waals surface area contributed by atoms with E-state index in [1.54, 1.807) is 0 Å². The lowest BCUT2D eigenvalue weighted by Gasteiger charge is -2.19. The molecule has 0 atom stereocenters. The molecule has 0 aromatic heterocycles. The number of allylic oxidation sites excluding steroid dienone is 2. The number of aryl methyl sites for hydroxylation is 1. The molecular weight excluding hydrogens is 284 g/mol. The first-order valence-corrected chi connectivity index (χ1v) is 8.26. The van der Waals surface area contributed by atoms with Crippen LogP contribution in [-0.4, -0.2) is 5.78 Å². The Kier molecular flexibility index (Phi) is 4.92.